The van der Waals surface area contributed by atoms with Crippen LogP contribution in [0.5, 0.6) is 0 Å². The highest BCUT2D eigenvalue weighted by Crippen LogP contribution is 2.25. The number of anilines is 1. The Morgan fingerprint density at radius 1 is 1.50 bits per heavy atom. The molecule has 1 aromatic heterocycles. The van der Waals surface area contributed by atoms with Gasteiger partial charge in [-0.3, -0.25) is 4.68 Å². The van der Waals surface area contributed by atoms with Crippen LogP contribution in [-0.2, 0) is 6.54 Å². The topological polar surface area (TPSA) is 29.9 Å². The van der Waals surface area contributed by atoms with Crippen LogP contribution in [-0.4, -0.2) is 15.8 Å². The van der Waals surface area contributed by atoms with Gasteiger partial charge in [-0.15, -0.1) is 0 Å². The third-order valence-electron chi connectivity index (χ3n) is 3.49. The number of nitrogens with one attached hydrogen (secondary N) is 1. The van der Waals surface area contributed by atoms with Crippen molar-refractivity contribution < 1.29 is 0 Å². The Kier molecular flexibility index (Phi) is 3.52. The van der Waals surface area contributed by atoms with Crippen molar-refractivity contribution in [1.82, 2.24) is 9.78 Å². The highest BCUT2D eigenvalue weighted by molar-refractivity contribution is 5.47. The van der Waals surface area contributed by atoms with Gasteiger partial charge in [0.15, 0.2) is 0 Å². The SMILES string of the molecule is Cc1c(NC2CCC2)cnn1CCC(C)C. The molecule has 1 N–H and O–H groups in total. The molecule has 1 heterocycles. The summed E-state index contributed by atoms with van der Waals surface area (Å²) in [5, 5.41) is 8.02. The molecule has 0 aromatic carbocycles. The van der Waals surface area contributed by atoms with Gasteiger partial charge in [-0.1, -0.05) is 13.8 Å². The molecule has 2 rings (SSSR count). The Morgan fingerprint density at radius 2 is 2.25 bits per heavy atom. The van der Waals surface area contributed by atoms with Crippen LogP contribution in [0, 0.1) is 12.8 Å². The summed E-state index contributed by atoms with van der Waals surface area (Å²) in [6.45, 7) is 7.71. The fraction of sp³-hybridized carbons (Fsp3) is 0.769. The van der Waals surface area contributed by atoms with Gasteiger partial charge < -0.3 is 5.32 Å². The summed E-state index contributed by atoms with van der Waals surface area (Å²) >= 11 is 0. The second-order valence-corrected chi connectivity index (χ2v) is 5.32. The molecule has 0 aliphatic heterocycles. The highest BCUT2D eigenvalue weighted by atomic mass is 15.3. The van der Waals surface area contributed by atoms with Crippen LogP contribution in [0.15, 0.2) is 6.20 Å². The zero-order chi connectivity index (χ0) is 11.5. The monoisotopic (exact) mass is 221 g/mol. The van der Waals surface area contributed by atoms with Gasteiger partial charge in [-0.2, -0.15) is 5.10 Å². The highest BCUT2D eigenvalue weighted by Gasteiger charge is 2.18. The fourth-order valence-electron chi connectivity index (χ4n) is 1.97. The molecule has 1 aliphatic rings. The lowest BCUT2D eigenvalue weighted by Gasteiger charge is -2.27. The standard InChI is InChI=1S/C13H23N3/c1-10(2)7-8-16-11(3)13(9-14-16)15-12-5-4-6-12/h9-10,12,15H,4-8H2,1-3H3. The molecule has 90 valence electrons. The molecule has 3 nitrogen and oxygen atoms in total. The average molecular weight is 221 g/mol. The van der Waals surface area contributed by atoms with Crippen LogP contribution in [0.2, 0.25) is 0 Å². The van der Waals surface area contributed by atoms with E-state index >= 15 is 0 Å². The van der Waals surface area contributed by atoms with E-state index in [1.165, 1.54) is 37.1 Å². The normalized spacial score (nSPS) is 16.5. The Morgan fingerprint density at radius 3 is 2.81 bits per heavy atom. The smallest absolute Gasteiger partial charge is 0.0758 e. The minimum atomic E-state index is 0.696. The van der Waals surface area contributed by atoms with Crippen LogP contribution >= 0.6 is 0 Å². The molecule has 0 unspecified atom stereocenters. The van der Waals surface area contributed by atoms with E-state index < -0.39 is 0 Å². The first-order valence-electron chi connectivity index (χ1n) is 6.45. The molecule has 1 aromatic rings. The molecule has 0 amide bonds. The molecular formula is C13H23N3. The van der Waals surface area contributed by atoms with E-state index in [4.69, 9.17) is 0 Å². The predicted molar refractivity (Wildman–Crippen MR) is 67.7 cm³/mol. The molecule has 0 saturated heterocycles. The van der Waals surface area contributed by atoms with Crippen molar-refractivity contribution in [2.24, 2.45) is 5.92 Å². The number of nitrogens with zero attached hydrogens (tertiary/aromatic N) is 2. The molecule has 1 aliphatic carbocycles. The van der Waals surface area contributed by atoms with E-state index in [-0.39, 0.29) is 0 Å². The molecule has 3 heteroatoms. The Labute approximate surface area is 98.2 Å². The third kappa shape index (κ3) is 2.57. The van der Waals surface area contributed by atoms with Crippen LogP contribution < -0.4 is 5.32 Å². The van der Waals surface area contributed by atoms with E-state index in [0.29, 0.717) is 6.04 Å². The first-order valence-corrected chi connectivity index (χ1v) is 6.45. The minimum Gasteiger partial charge on any atom is -0.380 e. The van der Waals surface area contributed by atoms with Crippen molar-refractivity contribution in [2.45, 2.75) is 59.0 Å². The van der Waals surface area contributed by atoms with Gasteiger partial charge >= 0.3 is 0 Å². The summed E-state index contributed by atoms with van der Waals surface area (Å²) in [6, 6.07) is 0.696. The molecule has 0 atom stereocenters. The van der Waals surface area contributed by atoms with E-state index in [1.54, 1.807) is 0 Å². The van der Waals surface area contributed by atoms with Crippen LogP contribution in [0.4, 0.5) is 5.69 Å². The summed E-state index contributed by atoms with van der Waals surface area (Å²) in [4.78, 5) is 0. The number of aryl methyl sites for hydroxylation is 1. The summed E-state index contributed by atoms with van der Waals surface area (Å²) in [5.41, 5.74) is 2.51. The Bertz CT molecular complexity index is 337. The van der Waals surface area contributed by atoms with Crippen molar-refractivity contribution in [3.8, 4) is 0 Å². The Hall–Kier alpha value is -0.990. The lowest BCUT2D eigenvalue weighted by atomic mass is 9.93. The maximum atomic E-state index is 4.45. The molecule has 1 saturated carbocycles. The van der Waals surface area contributed by atoms with Gasteiger partial charge in [-0.25, -0.2) is 0 Å². The summed E-state index contributed by atoms with van der Waals surface area (Å²) in [7, 11) is 0. The van der Waals surface area contributed by atoms with Gasteiger partial charge in [0.25, 0.3) is 0 Å². The number of aromatic nitrogens is 2. The van der Waals surface area contributed by atoms with Crippen molar-refractivity contribution in [3.05, 3.63) is 11.9 Å². The maximum absolute atomic E-state index is 4.45. The van der Waals surface area contributed by atoms with Crippen LogP contribution in [0.3, 0.4) is 0 Å². The average Bonchev–Trinajstić information content (AvgIpc) is 2.51. The fourth-order valence-corrected chi connectivity index (χ4v) is 1.97. The lowest BCUT2D eigenvalue weighted by Crippen LogP contribution is -2.27. The van der Waals surface area contributed by atoms with Gasteiger partial charge in [0.2, 0.25) is 0 Å². The predicted octanol–water partition coefficient (Wildman–Crippen LogP) is 3.20. The summed E-state index contributed by atoms with van der Waals surface area (Å²) in [5.74, 6) is 0.742. The molecule has 0 bridgehead atoms. The van der Waals surface area contributed by atoms with E-state index in [9.17, 15) is 0 Å². The molecular weight excluding hydrogens is 198 g/mol. The lowest BCUT2D eigenvalue weighted by molar-refractivity contribution is 0.445. The molecule has 0 radical (unpaired) electrons. The number of hydrogen-bond acceptors (Lipinski definition) is 2. The van der Waals surface area contributed by atoms with E-state index in [1.807, 2.05) is 6.20 Å². The summed E-state index contributed by atoms with van der Waals surface area (Å²) in [6.07, 6.45) is 7.19. The van der Waals surface area contributed by atoms with Gasteiger partial charge in [-0.05, 0) is 38.5 Å². The Balaban J connectivity index is 1.93. The van der Waals surface area contributed by atoms with Crippen molar-refractivity contribution >= 4 is 5.69 Å². The van der Waals surface area contributed by atoms with Gasteiger partial charge in [0.05, 0.1) is 17.6 Å². The largest absolute Gasteiger partial charge is 0.380 e. The van der Waals surface area contributed by atoms with E-state index in [0.717, 1.165) is 12.5 Å². The van der Waals surface area contributed by atoms with Crippen LogP contribution in [0.1, 0.15) is 45.2 Å². The zero-order valence-corrected chi connectivity index (χ0v) is 10.7. The molecule has 0 spiro atoms. The van der Waals surface area contributed by atoms with Crippen molar-refractivity contribution in [2.75, 3.05) is 5.32 Å². The second kappa shape index (κ2) is 4.89. The second-order valence-electron chi connectivity index (χ2n) is 5.32. The molecule has 16 heavy (non-hydrogen) atoms. The van der Waals surface area contributed by atoms with Crippen molar-refractivity contribution in [1.29, 1.82) is 0 Å². The quantitative estimate of drug-likeness (QED) is 0.827. The van der Waals surface area contributed by atoms with Gasteiger partial charge in [0.1, 0.15) is 0 Å². The maximum Gasteiger partial charge on any atom is 0.0758 e. The first kappa shape index (κ1) is 11.5. The number of hydrogen-bond donors (Lipinski definition) is 1. The van der Waals surface area contributed by atoms with Crippen LogP contribution in [0.25, 0.3) is 0 Å². The molecule has 1 fully saturated rings. The third-order valence-corrected chi connectivity index (χ3v) is 3.49. The van der Waals surface area contributed by atoms with Gasteiger partial charge in [0, 0.05) is 12.6 Å². The zero-order valence-electron chi connectivity index (χ0n) is 10.7. The minimum absolute atomic E-state index is 0.696. The first-order chi connectivity index (χ1) is 7.66. The summed E-state index contributed by atoms with van der Waals surface area (Å²) < 4.78 is 2.13. The number of rotatable bonds is 5. The van der Waals surface area contributed by atoms with E-state index in [2.05, 4.69) is 35.9 Å². The van der Waals surface area contributed by atoms with Crippen molar-refractivity contribution in [3.63, 3.8) is 0 Å².